The van der Waals surface area contributed by atoms with Crippen molar-refractivity contribution in [2.24, 2.45) is 0 Å². The predicted molar refractivity (Wildman–Crippen MR) is 126 cm³/mol. The zero-order valence-electron chi connectivity index (χ0n) is 18.9. The third kappa shape index (κ3) is 6.00. The van der Waals surface area contributed by atoms with Gasteiger partial charge in [0.15, 0.2) is 0 Å². The molecular formula is C23H26N4O6S. The van der Waals surface area contributed by atoms with Gasteiger partial charge >= 0.3 is 5.97 Å². The van der Waals surface area contributed by atoms with Crippen LogP contribution in [0.25, 0.3) is 10.9 Å². The Kier molecular flexibility index (Phi) is 7.69. The van der Waals surface area contributed by atoms with Gasteiger partial charge in [-0.1, -0.05) is 18.2 Å². The fourth-order valence-corrected chi connectivity index (χ4v) is 4.63. The van der Waals surface area contributed by atoms with Crippen LogP contribution >= 0.6 is 0 Å². The normalized spacial score (nSPS) is 13.1. The quantitative estimate of drug-likeness (QED) is 0.339. The third-order valence-electron chi connectivity index (χ3n) is 5.11. The maximum atomic E-state index is 12.7. The molecule has 0 unspecified atom stereocenters. The molecule has 0 radical (unpaired) electrons. The number of hydrogen-bond acceptors (Lipinski definition) is 6. The van der Waals surface area contributed by atoms with Gasteiger partial charge in [-0.2, -0.15) is 4.72 Å². The highest BCUT2D eigenvalue weighted by Gasteiger charge is 2.28. The van der Waals surface area contributed by atoms with Gasteiger partial charge in [0.05, 0.1) is 18.0 Å². The van der Waals surface area contributed by atoms with E-state index in [-0.39, 0.29) is 17.2 Å². The van der Waals surface area contributed by atoms with E-state index in [9.17, 15) is 22.8 Å². The van der Waals surface area contributed by atoms with E-state index in [0.29, 0.717) is 5.69 Å². The molecule has 2 atom stereocenters. The van der Waals surface area contributed by atoms with Gasteiger partial charge in [0.2, 0.25) is 21.8 Å². The zero-order chi connectivity index (χ0) is 24.9. The average Bonchev–Trinajstić information content (AvgIpc) is 3.20. The summed E-state index contributed by atoms with van der Waals surface area (Å²) in [6.07, 6.45) is 1.91. The van der Waals surface area contributed by atoms with Crippen molar-refractivity contribution in [3.63, 3.8) is 0 Å². The summed E-state index contributed by atoms with van der Waals surface area (Å²) >= 11 is 0. The monoisotopic (exact) mass is 486 g/mol. The van der Waals surface area contributed by atoms with Crippen molar-refractivity contribution in [1.82, 2.24) is 15.0 Å². The number of carbonyl (C=O) groups excluding carboxylic acids is 3. The fraction of sp³-hybridized carbons (Fsp3) is 0.261. The lowest BCUT2D eigenvalue weighted by atomic mass is 10.0. The van der Waals surface area contributed by atoms with Crippen molar-refractivity contribution in [3.8, 4) is 0 Å². The van der Waals surface area contributed by atoms with Crippen LogP contribution in [0.4, 0.5) is 5.69 Å². The number of rotatable bonds is 9. The number of amides is 2. The number of carbonyl (C=O) groups is 3. The molecular weight excluding hydrogens is 460 g/mol. The number of hydrogen-bond donors (Lipinski definition) is 4. The Morgan fingerprint density at radius 1 is 1.06 bits per heavy atom. The molecule has 0 saturated heterocycles. The van der Waals surface area contributed by atoms with Crippen molar-refractivity contribution < 1.29 is 27.5 Å². The lowest BCUT2D eigenvalue weighted by molar-refractivity contribution is -0.145. The summed E-state index contributed by atoms with van der Waals surface area (Å²) in [5, 5.41) is 6.02. The van der Waals surface area contributed by atoms with E-state index in [0.717, 1.165) is 16.5 Å². The van der Waals surface area contributed by atoms with E-state index in [1.807, 2.05) is 24.3 Å². The molecule has 0 aliphatic rings. The lowest BCUT2D eigenvalue weighted by Gasteiger charge is -2.20. The number of H-pyrrole nitrogens is 1. The molecule has 0 fully saturated rings. The Balaban J connectivity index is 1.70. The Morgan fingerprint density at radius 3 is 2.38 bits per heavy atom. The van der Waals surface area contributed by atoms with E-state index < -0.39 is 34.0 Å². The maximum absolute atomic E-state index is 12.7. The van der Waals surface area contributed by atoms with Crippen LogP contribution in [0.15, 0.2) is 59.6 Å². The van der Waals surface area contributed by atoms with Gasteiger partial charge in [-0.05, 0) is 42.8 Å². The van der Waals surface area contributed by atoms with Crippen molar-refractivity contribution in [3.05, 3.63) is 60.3 Å². The molecule has 0 saturated carbocycles. The molecule has 2 aromatic carbocycles. The van der Waals surface area contributed by atoms with Gasteiger partial charge in [0.1, 0.15) is 6.04 Å². The summed E-state index contributed by atoms with van der Waals surface area (Å²) in [5.41, 5.74) is 2.13. The first kappa shape index (κ1) is 24.9. The number of sulfonamides is 1. The molecule has 180 valence electrons. The predicted octanol–water partition coefficient (Wildman–Crippen LogP) is 1.69. The number of aromatic amines is 1. The zero-order valence-corrected chi connectivity index (χ0v) is 19.7. The van der Waals surface area contributed by atoms with Crippen LogP contribution < -0.4 is 15.4 Å². The second-order valence-corrected chi connectivity index (χ2v) is 9.41. The number of para-hydroxylation sites is 1. The minimum absolute atomic E-state index is 0.0791. The number of benzene rings is 2. The van der Waals surface area contributed by atoms with Gasteiger partial charge in [-0.3, -0.25) is 9.59 Å². The van der Waals surface area contributed by atoms with Crippen LogP contribution in [0.1, 0.15) is 19.4 Å². The third-order valence-corrected chi connectivity index (χ3v) is 6.67. The fourth-order valence-electron chi connectivity index (χ4n) is 3.43. The number of anilines is 1. The summed E-state index contributed by atoms with van der Waals surface area (Å²) in [6.45, 7) is 2.71. The first-order valence-electron chi connectivity index (χ1n) is 10.4. The van der Waals surface area contributed by atoms with E-state index in [2.05, 4.69) is 20.3 Å². The van der Waals surface area contributed by atoms with Gasteiger partial charge in [0, 0.05) is 36.1 Å². The molecule has 4 N–H and O–H groups in total. The summed E-state index contributed by atoms with van der Waals surface area (Å²) in [6, 6.07) is 10.9. The molecule has 0 aliphatic carbocycles. The topological polar surface area (TPSA) is 146 Å². The van der Waals surface area contributed by atoms with Gasteiger partial charge in [0.25, 0.3) is 0 Å². The first-order valence-corrected chi connectivity index (χ1v) is 11.9. The van der Waals surface area contributed by atoms with E-state index in [1.54, 1.807) is 6.20 Å². The molecule has 10 nitrogen and oxygen atoms in total. The Labute approximate surface area is 197 Å². The second-order valence-electron chi connectivity index (χ2n) is 7.70. The summed E-state index contributed by atoms with van der Waals surface area (Å²) < 4.78 is 32.5. The largest absolute Gasteiger partial charge is 0.467 e. The standard InChI is InChI=1S/C23H26N4O6S/c1-14(27-34(31,32)18-10-8-17(9-11-18)25-15(2)28)22(29)26-21(23(30)33-3)12-16-13-24-20-7-5-4-6-19(16)20/h4-11,13-14,21,24,27H,12H2,1-3H3,(H,25,28)(H,26,29)/t14-,21+/m0/s1. The molecule has 2 amide bonds. The summed E-state index contributed by atoms with van der Waals surface area (Å²) in [7, 11) is -2.82. The number of aromatic nitrogens is 1. The summed E-state index contributed by atoms with van der Waals surface area (Å²) in [4.78, 5) is 39.2. The van der Waals surface area contributed by atoms with Gasteiger partial charge in [-0.15, -0.1) is 0 Å². The van der Waals surface area contributed by atoms with Crippen molar-refractivity contribution in [2.45, 2.75) is 37.2 Å². The van der Waals surface area contributed by atoms with Crippen LogP contribution in [-0.4, -0.2) is 50.4 Å². The van der Waals surface area contributed by atoms with E-state index in [4.69, 9.17) is 4.74 Å². The van der Waals surface area contributed by atoms with Crippen LogP contribution in [0, 0.1) is 0 Å². The lowest BCUT2D eigenvalue weighted by Crippen LogP contribution is -2.51. The SMILES string of the molecule is COC(=O)[C@@H](Cc1c[nH]c2ccccc12)NC(=O)[C@H](C)NS(=O)(=O)c1ccc(NC(C)=O)cc1. The smallest absolute Gasteiger partial charge is 0.328 e. The Bertz CT molecular complexity index is 1300. The molecule has 0 bridgehead atoms. The molecule has 3 aromatic rings. The van der Waals surface area contributed by atoms with E-state index >= 15 is 0 Å². The molecule has 3 rings (SSSR count). The molecule has 1 aromatic heterocycles. The molecule has 11 heteroatoms. The van der Waals surface area contributed by atoms with Crippen molar-refractivity contribution in [2.75, 3.05) is 12.4 Å². The minimum atomic E-state index is -4.03. The molecule has 0 spiro atoms. The highest BCUT2D eigenvalue weighted by molar-refractivity contribution is 7.89. The number of fused-ring (bicyclic) bond motifs is 1. The molecule has 34 heavy (non-hydrogen) atoms. The van der Waals surface area contributed by atoms with Gasteiger partial charge < -0.3 is 20.4 Å². The van der Waals surface area contributed by atoms with E-state index in [1.165, 1.54) is 45.2 Å². The molecule has 1 heterocycles. The van der Waals surface area contributed by atoms with Crippen LogP contribution in [0.5, 0.6) is 0 Å². The van der Waals surface area contributed by atoms with Crippen molar-refractivity contribution in [1.29, 1.82) is 0 Å². The Morgan fingerprint density at radius 2 is 1.74 bits per heavy atom. The van der Waals surface area contributed by atoms with Gasteiger partial charge in [-0.25, -0.2) is 13.2 Å². The molecule has 0 aliphatic heterocycles. The highest BCUT2D eigenvalue weighted by Crippen LogP contribution is 2.19. The second kappa shape index (κ2) is 10.5. The first-order chi connectivity index (χ1) is 16.1. The van der Waals surface area contributed by atoms with Crippen LogP contribution in [-0.2, 0) is 35.6 Å². The van der Waals surface area contributed by atoms with Crippen LogP contribution in [0.2, 0.25) is 0 Å². The maximum Gasteiger partial charge on any atom is 0.328 e. The van der Waals surface area contributed by atoms with Crippen LogP contribution in [0.3, 0.4) is 0 Å². The highest BCUT2D eigenvalue weighted by atomic mass is 32.2. The number of esters is 1. The summed E-state index contributed by atoms with van der Waals surface area (Å²) in [5.74, 6) is -1.62. The Hall–Kier alpha value is -3.70. The minimum Gasteiger partial charge on any atom is -0.467 e. The number of methoxy groups -OCH3 is 1. The number of nitrogens with one attached hydrogen (secondary N) is 4. The number of ether oxygens (including phenoxy) is 1. The average molecular weight is 487 g/mol. The van der Waals surface area contributed by atoms with Crippen molar-refractivity contribution >= 4 is 44.4 Å².